The second kappa shape index (κ2) is 9.43. The average molecular weight is 438 g/mol. The van der Waals surface area contributed by atoms with Crippen LogP contribution in [-0.2, 0) is 21.2 Å². The molecule has 0 saturated carbocycles. The van der Waals surface area contributed by atoms with Crippen LogP contribution in [0.4, 0.5) is 0 Å². The summed E-state index contributed by atoms with van der Waals surface area (Å²) in [6.45, 7) is 1.31. The van der Waals surface area contributed by atoms with Crippen LogP contribution in [0.2, 0.25) is 0 Å². The molecule has 4 rings (SSSR count). The zero-order chi connectivity index (χ0) is 21.7. The number of esters is 1. The van der Waals surface area contributed by atoms with Gasteiger partial charge in [0, 0.05) is 19.5 Å². The molecule has 0 radical (unpaired) electrons. The molecule has 7 heteroatoms. The first-order valence-corrected chi connectivity index (χ1v) is 11.5. The minimum atomic E-state index is -3.69. The van der Waals surface area contributed by atoms with Crippen LogP contribution in [0.3, 0.4) is 0 Å². The summed E-state index contributed by atoms with van der Waals surface area (Å²) in [5, 5.41) is 0. The molecule has 6 nitrogen and oxygen atoms in total. The number of hydrogen-bond donors (Lipinski definition) is 0. The van der Waals surface area contributed by atoms with Gasteiger partial charge in [-0.15, -0.1) is 0 Å². The molecule has 0 aliphatic carbocycles. The third kappa shape index (κ3) is 5.02. The maximum Gasteiger partial charge on any atom is 0.343 e. The molecule has 0 spiro atoms. The molecule has 0 aromatic heterocycles. The van der Waals surface area contributed by atoms with Crippen LogP contribution in [0.25, 0.3) is 0 Å². The number of sulfonamides is 1. The van der Waals surface area contributed by atoms with Gasteiger partial charge in [-0.1, -0.05) is 54.6 Å². The summed E-state index contributed by atoms with van der Waals surface area (Å²) in [6, 6.07) is 23.2. The molecule has 0 amide bonds. The normalized spacial score (nSPS) is 14.8. The summed E-state index contributed by atoms with van der Waals surface area (Å²) < 4.78 is 38.0. The average Bonchev–Trinajstić information content (AvgIpc) is 2.81. The molecule has 1 heterocycles. The monoisotopic (exact) mass is 437 g/mol. The highest BCUT2D eigenvalue weighted by atomic mass is 32.2. The van der Waals surface area contributed by atoms with Crippen molar-refractivity contribution in [1.29, 1.82) is 0 Å². The van der Waals surface area contributed by atoms with E-state index in [0.29, 0.717) is 38.5 Å². The Morgan fingerprint density at radius 1 is 0.903 bits per heavy atom. The van der Waals surface area contributed by atoms with E-state index in [1.165, 1.54) is 16.4 Å². The molecule has 0 atom stereocenters. The van der Waals surface area contributed by atoms with Crippen molar-refractivity contribution in [3.63, 3.8) is 0 Å². The summed E-state index contributed by atoms with van der Waals surface area (Å²) in [4.78, 5) is 12.9. The number of hydrogen-bond acceptors (Lipinski definition) is 5. The van der Waals surface area contributed by atoms with Gasteiger partial charge in [-0.3, -0.25) is 0 Å². The van der Waals surface area contributed by atoms with Gasteiger partial charge in [0.2, 0.25) is 10.0 Å². The fourth-order valence-corrected chi connectivity index (χ4v) is 4.90. The second-order valence-electron chi connectivity index (χ2n) is 7.20. The largest absolute Gasteiger partial charge is 0.423 e. The number of rotatable bonds is 6. The maximum absolute atomic E-state index is 12.9. The van der Waals surface area contributed by atoms with Crippen molar-refractivity contribution >= 4 is 16.0 Å². The Hall–Kier alpha value is -3.00. The summed E-state index contributed by atoms with van der Waals surface area (Å²) in [7, 11) is -3.69. The zero-order valence-corrected chi connectivity index (χ0v) is 17.8. The van der Waals surface area contributed by atoms with Gasteiger partial charge in [0.1, 0.15) is 5.75 Å². The SMILES string of the molecule is O=C(Oc1ccccc1Cc1ccccc1)c1cccc(S(=O)(=O)N2CCOCC2)c1. The predicted octanol–water partition coefficient (Wildman–Crippen LogP) is 3.52. The molecule has 1 aliphatic heterocycles. The van der Waals surface area contributed by atoms with Gasteiger partial charge in [0.05, 0.1) is 23.7 Å². The number of carbonyl (C=O) groups is 1. The van der Waals surface area contributed by atoms with E-state index in [2.05, 4.69) is 0 Å². The third-order valence-corrected chi connectivity index (χ3v) is 6.98. The van der Waals surface area contributed by atoms with Crippen molar-refractivity contribution in [1.82, 2.24) is 4.31 Å². The van der Waals surface area contributed by atoms with Gasteiger partial charge in [0.15, 0.2) is 0 Å². The molecule has 1 saturated heterocycles. The number of benzene rings is 3. The Bertz CT molecular complexity index is 1160. The predicted molar refractivity (Wildman–Crippen MR) is 117 cm³/mol. The molecule has 160 valence electrons. The number of morpholine rings is 1. The molecule has 1 fully saturated rings. The second-order valence-corrected chi connectivity index (χ2v) is 9.14. The summed E-state index contributed by atoms with van der Waals surface area (Å²) in [5.74, 6) is -0.141. The van der Waals surface area contributed by atoms with E-state index in [-0.39, 0.29) is 10.5 Å². The van der Waals surface area contributed by atoms with Gasteiger partial charge in [-0.05, 0) is 35.4 Å². The van der Waals surface area contributed by atoms with Crippen LogP contribution >= 0.6 is 0 Å². The minimum Gasteiger partial charge on any atom is -0.423 e. The van der Waals surface area contributed by atoms with Crippen LogP contribution in [0.15, 0.2) is 83.8 Å². The number of nitrogens with zero attached hydrogens (tertiary/aromatic N) is 1. The van der Waals surface area contributed by atoms with Crippen LogP contribution in [-0.4, -0.2) is 45.0 Å². The first-order chi connectivity index (χ1) is 15.0. The lowest BCUT2D eigenvalue weighted by molar-refractivity contribution is 0.0726. The maximum atomic E-state index is 12.9. The zero-order valence-electron chi connectivity index (χ0n) is 16.9. The van der Waals surface area contributed by atoms with Crippen molar-refractivity contribution in [2.75, 3.05) is 26.3 Å². The first-order valence-electron chi connectivity index (χ1n) is 10.1. The van der Waals surface area contributed by atoms with Crippen molar-refractivity contribution in [2.24, 2.45) is 0 Å². The Morgan fingerprint density at radius 2 is 1.61 bits per heavy atom. The quantitative estimate of drug-likeness (QED) is 0.436. The van der Waals surface area contributed by atoms with Crippen molar-refractivity contribution in [2.45, 2.75) is 11.3 Å². The number of ether oxygens (including phenoxy) is 2. The standard InChI is InChI=1S/C24H23NO5S/c26-24(30-23-12-5-4-9-20(23)17-19-7-2-1-3-8-19)21-10-6-11-22(18-21)31(27,28)25-13-15-29-16-14-25/h1-12,18H,13-17H2. The van der Waals surface area contributed by atoms with E-state index in [9.17, 15) is 13.2 Å². The highest BCUT2D eigenvalue weighted by molar-refractivity contribution is 7.89. The summed E-state index contributed by atoms with van der Waals surface area (Å²) in [6.07, 6.45) is 0.621. The molecule has 0 N–H and O–H groups in total. The molecule has 0 bridgehead atoms. The lowest BCUT2D eigenvalue weighted by Crippen LogP contribution is -2.40. The van der Waals surface area contributed by atoms with Gasteiger partial charge in [0.25, 0.3) is 0 Å². The lowest BCUT2D eigenvalue weighted by atomic mass is 10.0. The molecular weight excluding hydrogens is 414 g/mol. The Kier molecular flexibility index (Phi) is 6.46. The van der Waals surface area contributed by atoms with Gasteiger partial charge in [-0.25, -0.2) is 13.2 Å². The van der Waals surface area contributed by atoms with Crippen LogP contribution in [0.1, 0.15) is 21.5 Å². The third-order valence-electron chi connectivity index (χ3n) is 5.09. The molecule has 3 aromatic carbocycles. The Labute approximate surface area is 182 Å². The van der Waals surface area contributed by atoms with Crippen LogP contribution in [0, 0.1) is 0 Å². The number of carbonyl (C=O) groups excluding carboxylic acids is 1. The molecule has 0 unspecified atom stereocenters. The van der Waals surface area contributed by atoms with Crippen molar-refractivity contribution < 1.29 is 22.7 Å². The summed E-state index contributed by atoms with van der Waals surface area (Å²) >= 11 is 0. The molecule has 31 heavy (non-hydrogen) atoms. The first kappa shape index (κ1) is 21.2. The Morgan fingerprint density at radius 3 is 2.39 bits per heavy atom. The van der Waals surface area contributed by atoms with Gasteiger partial charge in [-0.2, -0.15) is 4.31 Å². The Balaban J connectivity index is 1.54. The van der Waals surface area contributed by atoms with Gasteiger partial charge < -0.3 is 9.47 Å². The molecule has 3 aromatic rings. The smallest absolute Gasteiger partial charge is 0.343 e. The molecule has 1 aliphatic rings. The van der Waals surface area contributed by atoms with E-state index in [0.717, 1.165) is 11.1 Å². The van der Waals surface area contributed by atoms with E-state index in [1.54, 1.807) is 24.3 Å². The van der Waals surface area contributed by atoms with Crippen LogP contribution in [0.5, 0.6) is 5.75 Å². The highest BCUT2D eigenvalue weighted by Gasteiger charge is 2.27. The summed E-state index contributed by atoms with van der Waals surface area (Å²) in [5.41, 5.74) is 2.16. The van der Waals surface area contributed by atoms with Gasteiger partial charge >= 0.3 is 5.97 Å². The van der Waals surface area contributed by atoms with E-state index in [1.807, 2.05) is 42.5 Å². The topological polar surface area (TPSA) is 72.9 Å². The fraction of sp³-hybridized carbons (Fsp3) is 0.208. The number of para-hydroxylation sites is 1. The van der Waals surface area contributed by atoms with Crippen molar-refractivity contribution in [3.05, 3.63) is 95.6 Å². The van der Waals surface area contributed by atoms with E-state index in [4.69, 9.17) is 9.47 Å². The van der Waals surface area contributed by atoms with Crippen LogP contribution < -0.4 is 4.74 Å². The van der Waals surface area contributed by atoms with Crippen molar-refractivity contribution in [3.8, 4) is 5.75 Å². The minimum absolute atomic E-state index is 0.0708. The molecular formula is C24H23NO5S. The fourth-order valence-electron chi connectivity index (χ4n) is 3.44. The highest BCUT2D eigenvalue weighted by Crippen LogP contribution is 2.24. The lowest BCUT2D eigenvalue weighted by Gasteiger charge is -2.26. The van der Waals surface area contributed by atoms with E-state index >= 15 is 0 Å². The van der Waals surface area contributed by atoms with E-state index < -0.39 is 16.0 Å².